The fourth-order valence-corrected chi connectivity index (χ4v) is 2.24. The van der Waals surface area contributed by atoms with Gasteiger partial charge in [0.15, 0.2) is 0 Å². The van der Waals surface area contributed by atoms with Crippen molar-refractivity contribution < 1.29 is 14.8 Å². The number of piperazine rings is 1. The zero-order chi connectivity index (χ0) is 15.4. The number of nitrogen functional groups attached to an aromatic ring is 1. The van der Waals surface area contributed by atoms with Crippen molar-refractivity contribution in [3.8, 4) is 0 Å². The van der Waals surface area contributed by atoms with Gasteiger partial charge in [0.25, 0.3) is 0 Å². The molecule has 1 aromatic rings. The Balaban J connectivity index is 1.94. The third-order valence-corrected chi connectivity index (χ3v) is 3.42. The number of nitrogens with zero attached hydrogens (tertiary/aromatic N) is 4. The predicted molar refractivity (Wildman–Crippen MR) is 76.2 cm³/mol. The molecule has 0 saturated carbocycles. The fraction of sp³-hybridized carbons (Fsp3) is 0.500. The highest BCUT2D eigenvalue weighted by Crippen LogP contribution is 2.23. The van der Waals surface area contributed by atoms with E-state index in [-0.39, 0.29) is 17.9 Å². The minimum absolute atomic E-state index is 0.0918. The van der Waals surface area contributed by atoms with Crippen molar-refractivity contribution in [3.63, 3.8) is 0 Å². The number of nitro groups is 1. The van der Waals surface area contributed by atoms with Gasteiger partial charge in [0.1, 0.15) is 5.82 Å². The first-order chi connectivity index (χ1) is 9.97. The van der Waals surface area contributed by atoms with Crippen LogP contribution >= 0.6 is 0 Å². The largest absolute Gasteiger partial charge is 0.481 e. The smallest absolute Gasteiger partial charge is 0.311 e. The molecule has 0 unspecified atom stereocenters. The van der Waals surface area contributed by atoms with Crippen LogP contribution in [-0.2, 0) is 4.79 Å². The highest BCUT2D eigenvalue weighted by Gasteiger charge is 2.20. The van der Waals surface area contributed by atoms with Crippen LogP contribution in [0, 0.1) is 10.1 Å². The molecule has 1 fully saturated rings. The molecule has 9 heteroatoms. The Morgan fingerprint density at radius 1 is 1.38 bits per heavy atom. The van der Waals surface area contributed by atoms with Gasteiger partial charge in [-0.25, -0.2) is 4.98 Å². The minimum Gasteiger partial charge on any atom is -0.481 e. The van der Waals surface area contributed by atoms with Crippen LogP contribution in [0.2, 0.25) is 0 Å². The second-order valence-corrected chi connectivity index (χ2v) is 4.80. The molecule has 1 saturated heterocycles. The van der Waals surface area contributed by atoms with E-state index < -0.39 is 10.9 Å². The molecule has 0 aromatic carbocycles. The highest BCUT2D eigenvalue weighted by atomic mass is 16.6. The van der Waals surface area contributed by atoms with Crippen molar-refractivity contribution in [2.24, 2.45) is 0 Å². The molecule has 0 atom stereocenters. The lowest BCUT2D eigenvalue weighted by Crippen LogP contribution is -2.47. The SMILES string of the molecule is Nc1nc(N2CCN(CCC(=O)O)CC2)ccc1[N+](=O)[O-]. The molecule has 0 aliphatic carbocycles. The third kappa shape index (κ3) is 3.78. The monoisotopic (exact) mass is 295 g/mol. The second-order valence-electron chi connectivity index (χ2n) is 4.80. The normalized spacial score (nSPS) is 15.9. The van der Waals surface area contributed by atoms with Crippen LogP contribution in [0.1, 0.15) is 6.42 Å². The summed E-state index contributed by atoms with van der Waals surface area (Å²) in [4.78, 5) is 28.8. The van der Waals surface area contributed by atoms with Crippen molar-refractivity contribution in [2.75, 3.05) is 43.4 Å². The zero-order valence-corrected chi connectivity index (χ0v) is 11.4. The molecule has 2 heterocycles. The summed E-state index contributed by atoms with van der Waals surface area (Å²) in [6.45, 7) is 3.35. The Morgan fingerprint density at radius 2 is 2.05 bits per heavy atom. The van der Waals surface area contributed by atoms with Gasteiger partial charge in [-0.15, -0.1) is 0 Å². The molecular weight excluding hydrogens is 278 g/mol. The Hall–Kier alpha value is -2.42. The molecule has 2 rings (SSSR count). The van der Waals surface area contributed by atoms with Gasteiger partial charge in [-0.3, -0.25) is 19.8 Å². The van der Waals surface area contributed by atoms with Crippen LogP contribution in [0.15, 0.2) is 12.1 Å². The number of rotatable bonds is 5. The van der Waals surface area contributed by atoms with E-state index in [1.54, 1.807) is 6.07 Å². The Morgan fingerprint density at radius 3 is 2.57 bits per heavy atom. The summed E-state index contributed by atoms with van der Waals surface area (Å²) in [5, 5.41) is 19.4. The second kappa shape index (κ2) is 6.35. The minimum atomic E-state index is -0.803. The first kappa shape index (κ1) is 15.0. The van der Waals surface area contributed by atoms with Gasteiger partial charge in [-0.2, -0.15) is 0 Å². The van der Waals surface area contributed by atoms with E-state index in [1.807, 2.05) is 4.90 Å². The number of hydrogen-bond donors (Lipinski definition) is 2. The summed E-state index contributed by atoms with van der Waals surface area (Å²) in [6.07, 6.45) is 0.128. The maximum absolute atomic E-state index is 10.7. The Kier molecular flexibility index (Phi) is 4.53. The number of anilines is 2. The number of pyridine rings is 1. The van der Waals surface area contributed by atoms with Crippen LogP contribution < -0.4 is 10.6 Å². The van der Waals surface area contributed by atoms with E-state index in [0.29, 0.717) is 25.5 Å². The lowest BCUT2D eigenvalue weighted by molar-refractivity contribution is -0.384. The molecule has 21 heavy (non-hydrogen) atoms. The van der Waals surface area contributed by atoms with Crippen LogP contribution in [0.25, 0.3) is 0 Å². The van der Waals surface area contributed by atoms with Gasteiger partial charge in [-0.1, -0.05) is 0 Å². The van der Waals surface area contributed by atoms with Gasteiger partial charge >= 0.3 is 11.7 Å². The molecule has 114 valence electrons. The molecule has 3 N–H and O–H groups in total. The van der Waals surface area contributed by atoms with Crippen LogP contribution in [0.5, 0.6) is 0 Å². The number of carboxylic acid groups (broad SMARTS) is 1. The van der Waals surface area contributed by atoms with E-state index in [1.165, 1.54) is 6.07 Å². The fourth-order valence-electron chi connectivity index (χ4n) is 2.24. The molecule has 1 aliphatic heterocycles. The number of carbonyl (C=O) groups is 1. The summed E-state index contributed by atoms with van der Waals surface area (Å²) in [7, 11) is 0. The summed E-state index contributed by atoms with van der Waals surface area (Å²) in [5.41, 5.74) is 5.39. The number of carboxylic acids is 1. The molecule has 0 amide bonds. The Bertz CT molecular complexity index is 542. The first-order valence-corrected chi connectivity index (χ1v) is 6.57. The van der Waals surface area contributed by atoms with E-state index in [9.17, 15) is 14.9 Å². The topological polar surface area (TPSA) is 126 Å². The average molecular weight is 295 g/mol. The molecule has 9 nitrogen and oxygen atoms in total. The van der Waals surface area contributed by atoms with Crippen molar-refractivity contribution in [1.82, 2.24) is 9.88 Å². The summed E-state index contributed by atoms with van der Waals surface area (Å²) in [6, 6.07) is 2.94. The number of hydrogen-bond acceptors (Lipinski definition) is 7. The summed E-state index contributed by atoms with van der Waals surface area (Å²) >= 11 is 0. The van der Waals surface area contributed by atoms with Crippen molar-refractivity contribution in [2.45, 2.75) is 6.42 Å². The molecule has 0 bridgehead atoms. The maximum Gasteiger partial charge on any atom is 0.311 e. The van der Waals surface area contributed by atoms with Gasteiger partial charge in [0.05, 0.1) is 11.3 Å². The van der Waals surface area contributed by atoms with E-state index >= 15 is 0 Å². The zero-order valence-electron chi connectivity index (χ0n) is 11.4. The van der Waals surface area contributed by atoms with Gasteiger partial charge < -0.3 is 15.7 Å². The number of aliphatic carboxylic acids is 1. The third-order valence-electron chi connectivity index (χ3n) is 3.42. The first-order valence-electron chi connectivity index (χ1n) is 6.57. The summed E-state index contributed by atoms with van der Waals surface area (Å²) < 4.78 is 0. The molecule has 1 aromatic heterocycles. The summed E-state index contributed by atoms with van der Waals surface area (Å²) in [5.74, 6) is -0.288. The molecule has 0 radical (unpaired) electrons. The van der Waals surface area contributed by atoms with Gasteiger partial charge in [-0.05, 0) is 6.07 Å². The molecule has 0 spiro atoms. The lowest BCUT2D eigenvalue weighted by atomic mass is 10.2. The van der Waals surface area contributed by atoms with Crippen molar-refractivity contribution >= 4 is 23.3 Å². The van der Waals surface area contributed by atoms with Gasteiger partial charge in [0, 0.05) is 38.8 Å². The van der Waals surface area contributed by atoms with Gasteiger partial charge in [0.2, 0.25) is 5.82 Å². The average Bonchev–Trinajstić information content (AvgIpc) is 2.45. The Labute approximate surface area is 121 Å². The predicted octanol–water partition coefficient (Wildman–Crippen LogP) is 0.169. The standard InChI is InChI=1S/C12H17N5O4/c13-12-9(17(20)21)1-2-10(14-12)16-7-5-15(6-8-16)4-3-11(18)19/h1-2H,3-8H2,(H2,13,14)(H,18,19). The maximum atomic E-state index is 10.7. The van der Waals surface area contributed by atoms with Crippen molar-refractivity contribution in [3.05, 3.63) is 22.2 Å². The quantitative estimate of drug-likeness (QED) is 0.581. The van der Waals surface area contributed by atoms with Crippen molar-refractivity contribution in [1.29, 1.82) is 0 Å². The number of nitrogens with two attached hydrogens (primary N) is 1. The van der Waals surface area contributed by atoms with E-state index in [4.69, 9.17) is 10.8 Å². The van der Waals surface area contributed by atoms with E-state index in [0.717, 1.165) is 13.1 Å². The molecular formula is C12H17N5O4. The highest BCUT2D eigenvalue weighted by molar-refractivity contribution is 5.66. The van der Waals surface area contributed by atoms with Crippen LogP contribution in [0.4, 0.5) is 17.3 Å². The van der Waals surface area contributed by atoms with E-state index in [2.05, 4.69) is 9.88 Å². The van der Waals surface area contributed by atoms with Crippen LogP contribution in [-0.4, -0.2) is 58.6 Å². The lowest BCUT2D eigenvalue weighted by Gasteiger charge is -2.35. The molecule has 1 aliphatic rings. The number of aromatic nitrogens is 1. The van der Waals surface area contributed by atoms with Crippen LogP contribution in [0.3, 0.4) is 0 Å².